The van der Waals surface area contributed by atoms with Crippen molar-refractivity contribution in [3.05, 3.63) is 29.3 Å². The second kappa shape index (κ2) is 5.82. The highest BCUT2D eigenvalue weighted by Gasteiger charge is 2.37. The summed E-state index contributed by atoms with van der Waals surface area (Å²) in [4.78, 5) is 28.2. The summed E-state index contributed by atoms with van der Waals surface area (Å²) < 4.78 is 0. The van der Waals surface area contributed by atoms with Gasteiger partial charge in [0.2, 0.25) is 0 Å². The lowest BCUT2D eigenvalue weighted by Crippen LogP contribution is -2.45. The van der Waals surface area contributed by atoms with Crippen LogP contribution in [0, 0.1) is 0 Å². The molecule has 1 N–H and O–H groups in total. The third-order valence-corrected chi connectivity index (χ3v) is 4.56. The molecule has 0 unspecified atom stereocenters. The number of piperidine rings is 1. The first kappa shape index (κ1) is 15.2. The lowest BCUT2D eigenvalue weighted by Gasteiger charge is -2.32. The SMILES string of the molecule is CC(C)c1ccc2c(c1)C(=O)C(=O)N2CN1CCC(O)CC1. The third kappa shape index (κ3) is 2.66. The molecule has 2 aliphatic heterocycles. The minimum Gasteiger partial charge on any atom is -0.393 e. The van der Waals surface area contributed by atoms with Gasteiger partial charge in [-0.05, 0) is 36.5 Å². The molecular formula is C17H22N2O3. The van der Waals surface area contributed by atoms with Crippen LogP contribution in [0.2, 0.25) is 0 Å². The van der Waals surface area contributed by atoms with Crippen LogP contribution < -0.4 is 4.90 Å². The monoisotopic (exact) mass is 302 g/mol. The molecule has 0 spiro atoms. The molecule has 22 heavy (non-hydrogen) atoms. The highest BCUT2D eigenvalue weighted by molar-refractivity contribution is 6.52. The van der Waals surface area contributed by atoms with Gasteiger partial charge in [-0.15, -0.1) is 0 Å². The molecule has 0 atom stereocenters. The molecule has 0 saturated carbocycles. The van der Waals surface area contributed by atoms with Crippen LogP contribution in [0.4, 0.5) is 5.69 Å². The molecule has 5 heteroatoms. The first-order chi connectivity index (χ1) is 10.5. The Kier molecular flexibility index (Phi) is 4.02. The number of Topliss-reactive ketones (excluding diaryl/α,β-unsaturated/α-hetero) is 1. The summed E-state index contributed by atoms with van der Waals surface area (Å²) in [5.74, 6) is -0.526. The summed E-state index contributed by atoms with van der Waals surface area (Å²) >= 11 is 0. The first-order valence-corrected chi connectivity index (χ1v) is 7.88. The van der Waals surface area contributed by atoms with Crippen molar-refractivity contribution in [2.45, 2.75) is 38.7 Å². The van der Waals surface area contributed by atoms with E-state index in [2.05, 4.69) is 18.7 Å². The fraction of sp³-hybridized carbons (Fsp3) is 0.529. The van der Waals surface area contributed by atoms with Crippen molar-refractivity contribution in [1.82, 2.24) is 4.90 Å². The fourth-order valence-electron chi connectivity index (χ4n) is 3.08. The molecule has 1 saturated heterocycles. The standard InChI is InChI=1S/C17H22N2O3/c1-11(2)12-3-4-15-14(9-12)16(21)17(22)19(15)10-18-7-5-13(20)6-8-18/h3-4,9,11,13,20H,5-8,10H2,1-2H3. The lowest BCUT2D eigenvalue weighted by atomic mass is 9.99. The number of benzene rings is 1. The van der Waals surface area contributed by atoms with Crippen molar-refractivity contribution in [3.8, 4) is 0 Å². The molecule has 5 nitrogen and oxygen atoms in total. The van der Waals surface area contributed by atoms with E-state index in [4.69, 9.17) is 0 Å². The summed E-state index contributed by atoms with van der Waals surface area (Å²) in [6.45, 7) is 6.06. The quantitative estimate of drug-likeness (QED) is 0.864. The Bertz CT molecular complexity index is 604. The molecule has 2 heterocycles. The minimum absolute atomic E-state index is 0.243. The van der Waals surface area contributed by atoms with Crippen molar-refractivity contribution in [3.63, 3.8) is 0 Å². The van der Waals surface area contributed by atoms with Crippen LogP contribution in [0.1, 0.15) is 48.5 Å². The molecule has 1 aromatic carbocycles. The largest absolute Gasteiger partial charge is 0.393 e. The molecule has 1 aromatic rings. The number of aliphatic hydroxyl groups is 1. The zero-order valence-electron chi connectivity index (χ0n) is 13.1. The van der Waals surface area contributed by atoms with E-state index in [1.807, 2.05) is 18.2 Å². The molecule has 1 fully saturated rings. The minimum atomic E-state index is -0.443. The van der Waals surface area contributed by atoms with E-state index < -0.39 is 11.7 Å². The smallest absolute Gasteiger partial charge is 0.300 e. The number of anilines is 1. The number of amides is 1. The van der Waals surface area contributed by atoms with Crippen LogP contribution in [0.25, 0.3) is 0 Å². The summed E-state index contributed by atoms with van der Waals surface area (Å²) in [6.07, 6.45) is 1.19. The number of likely N-dealkylation sites (tertiary alicyclic amines) is 1. The number of fused-ring (bicyclic) bond motifs is 1. The summed E-state index contributed by atoms with van der Waals surface area (Å²) in [5, 5.41) is 9.56. The highest BCUT2D eigenvalue weighted by Crippen LogP contribution is 2.32. The Morgan fingerprint density at radius 2 is 1.91 bits per heavy atom. The summed E-state index contributed by atoms with van der Waals surface area (Å²) in [5.41, 5.74) is 2.31. The number of carbonyl (C=O) groups excluding carboxylic acids is 2. The van der Waals surface area contributed by atoms with Crippen LogP contribution in [0.5, 0.6) is 0 Å². The molecule has 118 valence electrons. The van der Waals surface area contributed by atoms with Gasteiger partial charge in [-0.3, -0.25) is 19.4 Å². The molecule has 1 amide bonds. The Labute approximate surface area is 130 Å². The number of hydrogen-bond acceptors (Lipinski definition) is 4. The molecule has 3 rings (SSSR count). The second-order valence-corrected chi connectivity index (χ2v) is 6.48. The van der Waals surface area contributed by atoms with E-state index in [9.17, 15) is 14.7 Å². The highest BCUT2D eigenvalue weighted by atomic mass is 16.3. The maximum absolute atomic E-state index is 12.3. The number of rotatable bonds is 3. The van der Waals surface area contributed by atoms with Gasteiger partial charge in [0.15, 0.2) is 0 Å². The van der Waals surface area contributed by atoms with Gasteiger partial charge in [-0.2, -0.15) is 0 Å². The average Bonchev–Trinajstić information content (AvgIpc) is 2.74. The van der Waals surface area contributed by atoms with Crippen LogP contribution >= 0.6 is 0 Å². The molecule has 0 aliphatic carbocycles. The van der Waals surface area contributed by atoms with Gasteiger partial charge in [0.25, 0.3) is 5.78 Å². The second-order valence-electron chi connectivity index (χ2n) is 6.48. The van der Waals surface area contributed by atoms with E-state index in [1.165, 1.54) is 0 Å². The Morgan fingerprint density at radius 1 is 1.23 bits per heavy atom. The Morgan fingerprint density at radius 3 is 2.55 bits per heavy atom. The van der Waals surface area contributed by atoms with E-state index in [-0.39, 0.29) is 6.10 Å². The normalized spacial score (nSPS) is 20.1. The van der Waals surface area contributed by atoms with Crippen LogP contribution in [0.15, 0.2) is 18.2 Å². The van der Waals surface area contributed by atoms with Crippen molar-refractivity contribution in [2.75, 3.05) is 24.7 Å². The van der Waals surface area contributed by atoms with E-state index in [1.54, 1.807) is 4.90 Å². The molecule has 0 radical (unpaired) electrons. The van der Waals surface area contributed by atoms with Gasteiger partial charge in [0.05, 0.1) is 24.0 Å². The Balaban J connectivity index is 1.82. The van der Waals surface area contributed by atoms with Crippen molar-refractivity contribution < 1.29 is 14.7 Å². The number of hydrogen-bond donors (Lipinski definition) is 1. The maximum Gasteiger partial charge on any atom is 0.300 e. The Hall–Kier alpha value is -1.72. The molecular weight excluding hydrogens is 280 g/mol. The van der Waals surface area contributed by atoms with Crippen molar-refractivity contribution >= 4 is 17.4 Å². The van der Waals surface area contributed by atoms with Gasteiger partial charge in [0, 0.05) is 13.1 Å². The van der Waals surface area contributed by atoms with Crippen LogP contribution in [0.3, 0.4) is 0 Å². The predicted molar refractivity (Wildman–Crippen MR) is 84.0 cm³/mol. The first-order valence-electron chi connectivity index (χ1n) is 7.88. The topological polar surface area (TPSA) is 60.9 Å². The fourth-order valence-corrected chi connectivity index (χ4v) is 3.08. The number of carbonyl (C=O) groups is 2. The van der Waals surface area contributed by atoms with Gasteiger partial charge < -0.3 is 5.11 Å². The van der Waals surface area contributed by atoms with E-state index in [0.29, 0.717) is 23.8 Å². The summed E-state index contributed by atoms with van der Waals surface area (Å²) in [7, 11) is 0. The maximum atomic E-state index is 12.3. The van der Waals surface area contributed by atoms with E-state index in [0.717, 1.165) is 31.5 Å². The van der Waals surface area contributed by atoms with E-state index >= 15 is 0 Å². The van der Waals surface area contributed by atoms with Gasteiger partial charge in [-0.25, -0.2) is 0 Å². The van der Waals surface area contributed by atoms with Crippen molar-refractivity contribution in [1.29, 1.82) is 0 Å². The van der Waals surface area contributed by atoms with Crippen LogP contribution in [-0.2, 0) is 4.79 Å². The molecule has 0 bridgehead atoms. The average molecular weight is 302 g/mol. The van der Waals surface area contributed by atoms with Gasteiger partial charge in [-0.1, -0.05) is 19.9 Å². The zero-order chi connectivity index (χ0) is 15.9. The third-order valence-electron chi connectivity index (χ3n) is 4.56. The van der Waals surface area contributed by atoms with Crippen LogP contribution in [-0.4, -0.2) is 47.6 Å². The predicted octanol–water partition coefficient (Wildman–Crippen LogP) is 1.75. The summed E-state index contributed by atoms with van der Waals surface area (Å²) in [6, 6.07) is 5.72. The number of nitrogens with zero attached hydrogens (tertiary/aromatic N) is 2. The number of ketones is 1. The van der Waals surface area contributed by atoms with Crippen molar-refractivity contribution in [2.24, 2.45) is 0 Å². The molecule has 0 aromatic heterocycles. The lowest BCUT2D eigenvalue weighted by molar-refractivity contribution is -0.114. The van der Waals surface area contributed by atoms with Gasteiger partial charge in [0.1, 0.15) is 0 Å². The number of aliphatic hydroxyl groups excluding tert-OH is 1. The molecule has 2 aliphatic rings. The zero-order valence-corrected chi connectivity index (χ0v) is 13.1. The van der Waals surface area contributed by atoms with Gasteiger partial charge >= 0.3 is 5.91 Å².